The number of anilines is 1. The summed E-state index contributed by atoms with van der Waals surface area (Å²) in [7, 11) is -4.10. The molecule has 1 N–H and O–H groups in total. The van der Waals surface area contributed by atoms with Crippen molar-refractivity contribution in [2.24, 2.45) is 5.92 Å². The summed E-state index contributed by atoms with van der Waals surface area (Å²) in [4.78, 5) is 29.4. The number of carbonyl (C=O) groups is 2. The molecule has 1 fully saturated rings. The lowest BCUT2D eigenvalue weighted by atomic mass is 10.1. The molecule has 0 bridgehead atoms. The quantitative estimate of drug-likeness (QED) is 0.870. The van der Waals surface area contributed by atoms with E-state index in [4.69, 9.17) is 11.6 Å². The van der Waals surface area contributed by atoms with E-state index in [1.165, 1.54) is 17.2 Å². The summed E-state index contributed by atoms with van der Waals surface area (Å²) in [5.74, 6) is -1.71. The predicted octanol–water partition coefficient (Wildman–Crippen LogP) is 1.59. The number of sulfonamides is 1. The zero-order chi connectivity index (χ0) is 18.0. The molecule has 1 aliphatic rings. The normalized spacial score (nSPS) is 17.6. The molecule has 130 valence electrons. The first-order chi connectivity index (χ1) is 11.9. The number of rotatable bonds is 4. The smallest absolute Gasteiger partial charge is 0.265 e. The first-order valence-corrected chi connectivity index (χ1v) is 9.25. The summed E-state index contributed by atoms with van der Waals surface area (Å²) in [5.41, 5.74) is 0.671. The Balaban J connectivity index is 1.73. The first-order valence-electron chi connectivity index (χ1n) is 7.39. The van der Waals surface area contributed by atoms with E-state index < -0.39 is 21.8 Å². The molecule has 25 heavy (non-hydrogen) atoms. The summed E-state index contributed by atoms with van der Waals surface area (Å²) < 4.78 is 26.5. The van der Waals surface area contributed by atoms with Gasteiger partial charge in [-0.2, -0.15) is 0 Å². The zero-order valence-corrected chi connectivity index (χ0v) is 14.5. The highest BCUT2D eigenvalue weighted by Crippen LogP contribution is 2.25. The van der Waals surface area contributed by atoms with Crippen molar-refractivity contribution >= 4 is 39.1 Å². The van der Waals surface area contributed by atoms with Crippen LogP contribution in [-0.2, 0) is 19.6 Å². The van der Waals surface area contributed by atoms with Crippen LogP contribution < -0.4 is 9.62 Å². The van der Waals surface area contributed by atoms with Crippen molar-refractivity contribution in [1.29, 1.82) is 0 Å². The number of nitrogens with one attached hydrogen (secondary N) is 1. The van der Waals surface area contributed by atoms with Crippen LogP contribution in [0, 0.1) is 5.92 Å². The van der Waals surface area contributed by atoms with Gasteiger partial charge in [0.15, 0.2) is 0 Å². The number of benzene rings is 1. The summed E-state index contributed by atoms with van der Waals surface area (Å²) in [5, 5.41) is 0.140. The molecule has 2 amide bonds. The number of para-hydroxylation sites is 1. The lowest BCUT2D eigenvalue weighted by Crippen LogP contribution is -2.37. The largest absolute Gasteiger partial charge is 0.312 e. The number of nitrogens with zero attached hydrogens (tertiary/aromatic N) is 2. The van der Waals surface area contributed by atoms with E-state index in [1.807, 2.05) is 10.8 Å². The zero-order valence-electron chi connectivity index (χ0n) is 12.9. The molecule has 1 saturated heterocycles. The molecule has 0 radical (unpaired) electrons. The number of aromatic nitrogens is 1. The topological polar surface area (TPSA) is 96.4 Å². The van der Waals surface area contributed by atoms with Crippen molar-refractivity contribution in [2.75, 3.05) is 11.4 Å². The van der Waals surface area contributed by atoms with Gasteiger partial charge in [0.05, 0.1) is 10.9 Å². The third-order valence-electron chi connectivity index (χ3n) is 3.79. The Hall–Kier alpha value is -2.45. The molecule has 9 heteroatoms. The van der Waals surface area contributed by atoms with Gasteiger partial charge >= 0.3 is 0 Å². The average molecular weight is 380 g/mol. The van der Waals surface area contributed by atoms with Crippen molar-refractivity contribution in [3.63, 3.8) is 0 Å². The number of hydrogen-bond acceptors (Lipinski definition) is 5. The molecule has 0 aliphatic carbocycles. The van der Waals surface area contributed by atoms with Crippen molar-refractivity contribution in [2.45, 2.75) is 11.3 Å². The highest BCUT2D eigenvalue weighted by atomic mass is 35.5. The molecule has 0 spiro atoms. The predicted molar refractivity (Wildman–Crippen MR) is 91.5 cm³/mol. The Bertz CT molecular complexity index is 918. The lowest BCUT2D eigenvalue weighted by molar-refractivity contribution is -0.124. The Labute approximate surface area is 149 Å². The van der Waals surface area contributed by atoms with Gasteiger partial charge in [-0.3, -0.25) is 14.6 Å². The molecule has 1 aliphatic heterocycles. The summed E-state index contributed by atoms with van der Waals surface area (Å²) in [6, 6.07) is 10.1. The second-order valence-corrected chi connectivity index (χ2v) is 7.67. The molecular formula is C16H14ClN3O4S. The average Bonchev–Trinajstić information content (AvgIpc) is 2.97. The highest BCUT2D eigenvalue weighted by molar-refractivity contribution is 7.90. The number of amides is 2. The van der Waals surface area contributed by atoms with Crippen LogP contribution in [0.3, 0.4) is 0 Å². The number of pyridine rings is 1. The first kappa shape index (κ1) is 17.4. The van der Waals surface area contributed by atoms with Gasteiger partial charge in [-0.25, -0.2) is 13.1 Å². The number of carbonyl (C=O) groups excluding carboxylic acids is 2. The van der Waals surface area contributed by atoms with E-state index in [0.717, 1.165) is 6.20 Å². The van der Waals surface area contributed by atoms with Gasteiger partial charge in [0.25, 0.3) is 10.0 Å². The SMILES string of the molecule is O=C(NS(=O)(=O)c1cncc(Cl)c1)C1CC(=O)N(c2ccccc2)C1. The molecule has 1 aromatic carbocycles. The van der Waals surface area contributed by atoms with Crippen LogP contribution in [0.25, 0.3) is 0 Å². The maximum atomic E-state index is 12.3. The Morgan fingerprint density at radius 3 is 2.64 bits per heavy atom. The summed E-state index contributed by atoms with van der Waals surface area (Å²) in [6.07, 6.45) is 2.33. The van der Waals surface area contributed by atoms with Gasteiger partial charge in [0, 0.05) is 31.0 Å². The van der Waals surface area contributed by atoms with Crippen LogP contribution in [0.4, 0.5) is 5.69 Å². The van der Waals surface area contributed by atoms with E-state index >= 15 is 0 Å². The van der Waals surface area contributed by atoms with Gasteiger partial charge in [0.2, 0.25) is 11.8 Å². The molecule has 2 heterocycles. The van der Waals surface area contributed by atoms with Gasteiger partial charge in [-0.1, -0.05) is 29.8 Å². The Morgan fingerprint density at radius 1 is 1.24 bits per heavy atom. The Kier molecular flexibility index (Phi) is 4.73. The van der Waals surface area contributed by atoms with Crippen LogP contribution in [0.5, 0.6) is 0 Å². The minimum atomic E-state index is -4.10. The molecule has 0 saturated carbocycles. The summed E-state index contributed by atoms with van der Waals surface area (Å²) in [6.45, 7) is 0.123. The second-order valence-electron chi connectivity index (χ2n) is 5.55. The third kappa shape index (κ3) is 3.80. The maximum absolute atomic E-state index is 12.3. The van der Waals surface area contributed by atoms with Crippen molar-refractivity contribution in [3.8, 4) is 0 Å². The van der Waals surface area contributed by atoms with Gasteiger partial charge < -0.3 is 4.90 Å². The van der Waals surface area contributed by atoms with Crippen molar-refractivity contribution < 1.29 is 18.0 Å². The van der Waals surface area contributed by atoms with E-state index in [-0.39, 0.29) is 28.8 Å². The molecule has 2 aromatic rings. The molecule has 7 nitrogen and oxygen atoms in total. The fourth-order valence-electron chi connectivity index (χ4n) is 2.55. The van der Waals surface area contributed by atoms with E-state index in [1.54, 1.807) is 24.3 Å². The minimum Gasteiger partial charge on any atom is -0.312 e. The molecule has 1 unspecified atom stereocenters. The lowest BCUT2D eigenvalue weighted by Gasteiger charge is -2.16. The van der Waals surface area contributed by atoms with Crippen molar-refractivity contribution in [3.05, 3.63) is 53.8 Å². The van der Waals surface area contributed by atoms with Crippen LogP contribution in [-0.4, -0.2) is 31.8 Å². The second kappa shape index (κ2) is 6.81. The minimum absolute atomic E-state index is 0.0515. The van der Waals surface area contributed by atoms with Crippen LogP contribution in [0.1, 0.15) is 6.42 Å². The Morgan fingerprint density at radius 2 is 1.96 bits per heavy atom. The number of halogens is 1. The highest BCUT2D eigenvalue weighted by Gasteiger charge is 2.36. The maximum Gasteiger partial charge on any atom is 0.265 e. The molecule has 1 atom stereocenters. The fraction of sp³-hybridized carbons (Fsp3) is 0.188. The molecular weight excluding hydrogens is 366 g/mol. The van der Waals surface area contributed by atoms with E-state index in [9.17, 15) is 18.0 Å². The molecule has 3 rings (SSSR count). The van der Waals surface area contributed by atoms with Gasteiger partial charge in [0.1, 0.15) is 4.90 Å². The van der Waals surface area contributed by atoms with Gasteiger partial charge in [-0.15, -0.1) is 0 Å². The summed E-state index contributed by atoms with van der Waals surface area (Å²) >= 11 is 5.73. The van der Waals surface area contributed by atoms with Gasteiger partial charge in [-0.05, 0) is 18.2 Å². The third-order valence-corrected chi connectivity index (χ3v) is 5.31. The van der Waals surface area contributed by atoms with E-state index in [0.29, 0.717) is 5.69 Å². The fourth-order valence-corrected chi connectivity index (χ4v) is 3.82. The standard InChI is InChI=1S/C16H14ClN3O4S/c17-12-7-14(9-18-8-12)25(23,24)19-16(22)11-6-15(21)20(10-11)13-4-2-1-3-5-13/h1-5,7-9,11H,6,10H2,(H,19,22). The monoisotopic (exact) mass is 379 g/mol. The van der Waals surface area contributed by atoms with Crippen molar-refractivity contribution in [1.82, 2.24) is 9.71 Å². The molecule has 1 aromatic heterocycles. The van der Waals surface area contributed by atoms with Crippen LogP contribution >= 0.6 is 11.6 Å². The van der Waals surface area contributed by atoms with Crippen LogP contribution in [0.15, 0.2) is 53.7 Å². The van der Waals surface area contributed by atoms with E-state index in [2.05, 4.69) is 4.98 Å². The number of hydrogen-bond donors (Lipinski definition) is 1. The van der Waals surface area contributed by atoms with Crippen LogP contribution in [0.2, 0.25) is 5.02 Å².